The second kappa shape index (κ2) is 9.91. The normalized spacial score (nSPS) is 17.6. The fraction of sp³-hybridized carbons (Fsp3) is 0.615. The molecular weight excluding hydrogens is 448 g/mol. The Morgan fingerprint density at radius 3 is 2.09 bits per heavy atom. The van der Waals surface area contributed by atoms with Gasteiger partial charge in [-0.25, -0.2) is 18.4 Å². The molecule has 0 saturated carbocycles. The van der Waals surface area contributed by atoms with Gasteiger partial charge in [-0.3, -0.25) is 0 Å². The van der Waals surface area contributed by atoms with Gasteiger partial charge in [-0.05, 0) is 46.4 Å². The first-order chi connectivity index (χ1) is 16.1. The Hall–Kier alpha value is -2.03. The molecule has 2 aliphatic rings. The molecule has 2 aromatic rings. The first kappa shape index (κ1) is 25.1. The number of morpholine rings is 1. The second-order valence-corrected chi connectivity index (χ2v) is 12.2. The molecule has 3 heterocycles. The number of fused-ring (bicyclic) bond motifs is 1. The molecule has 0 atom stereocenters. The topological polar surface area (TPSA) is 75.6 Å². The Bertz CT molecular complexity index is 1110. The highest BCUT2D eigenvalue weighted by molar-refractivity contribution is 7.89. The number of ether oxygens (including phenoxy) is 1. The van der Waals surface area contributed by atoms with Gasteiger partial charge in [0, 0.05) is 25.8 Å². The Morgan fingerprint density at radius 1 is 0.912 bits per heavy atom. The van der Waals surface area contributed by atoms with E-state index in [1.165, 1.54) is 5.56 Å². The van der Waals surface area contributed by atoms with Crippen LogP contribution in [-0.4, -0.2) is 55.5 Å². The standard InChI is InChI=1S/C26H38N4O3S/c1-17(2)21-13-22(18(3)4)25(23(14-21)19(5)6)34(31,32)30-8-7-20-15-27-26(28-24(20)16-30)29-9-11-33-12-10-29/h13-15,17-19H,7-12,16H2,1-6H3. The summed E-state index contributed by atoms with van der Waals surface area (Å²) in [5.74, 6) is 1.21. The van der Waals surface area contributed by atoms with Crippen molar-refractivity contribution >= 4 is 16.0 Å². The van der Waals surface area contributed by atoms with E-state index in [4.69, 9.17) is 9.72 Å². The van der Waals surface area contributed by atoms with Gasteiger partial charge >= 0.3 is 0 Å². The van der Waals surface area contributed by atoms with Crippen LogP contribution >= 0.6 is 0 Å². The summed E-state index contributed by atoms with van der Waals surface area (Å²) < 4.78 is 35.4. The molecule has 8 heteroatoms. The van der Waals surface area contributed by atoms with Crippen molar-refractivity contribution in [3.8, 4) is 0 Å². The Balaban J connectivity index is 1.73. The zero-order valence-corrected chi connectivity index (χ0v) is 22.2. The minimum atomic E-state index is -3.70. The molecule has 1 saturated heterocycles. The molecule has 186 valence electrons. The SMILES string of the molecule is CC(C)c1cc(C(C)C)c(S(=O)(=O)N2CCc3cnc(N4CCOCC4)nc3C2)c(C(C)C)c1. The smallest absolute Gasteiger partial charge is 0.244 e. The number of sulfonamides is 1. The zero-order chi connectivity index (χ0) is 24.6. The number of nitrogens with zero attached hydrogens (tertiary/aromatic N) is 4. The minimum Gasteiger partial charge on any atom is -0.378 e. The Kier molecular flexibility index (Phi) is 7.31. The van der Waals surface area contributed by atoms with Crippen molar-refractivity contribution < 1.29 is 13.2 Å². The first-order valence-corrected chi connectivity index (χ1v) is 13.9. The quantitative estimate of drug-likeness (QED) is 0.601. The van der Waals surface area contributed by atoms with Gasteiger partial charge in [-0.15, -0.1) is 0 Å². The molecule has 1 fully saturated rings. The van der Waals surface area contributed by atoms with E-state index >= 15 is 0 Å². The van der Waals surface area contributed by atoms with Gasteiger partial charge in [0.15, 0.2) is 0 Å². The molecule has 0 aliphatic carbocycles. The van der Waals surface area contributed by atoms with E-state index in [0.29, 0.717) is 42.9 Å². The van der Waals surface area contributed by atoms with Crippen molar-refractivity contribution in [1.82, 2.24) is 14.3 Å². The number of hydrogen-bond donors (Lipinski definition) is 0. The largest absolute Gasteiger partial charge is 0.378 e. The summed E-state index contributed by atoms with van der Waals surface area (Å²) >= 11 is 0. The van der Waals surface area contributed by atoms with Crippen molar-refractivity contribution in [2.45, 2.75) is 77.2 Å². The molecule has 0 unspecified atom stereocenters. The molecule has 2 aliphatic heterocycles. The summed E-state index contributed by atoms with van der Waals surface area (Å²) in [5.41, 5.74) is 4.86. The predicted octanol–water partition coefficient (Wildman–Crippen LogP) is 4.43. The fourth-order valence-electron chi connectivity index (χ4n) is 4.71. The van der Waals surface area contributed by atoms with Gasteiger partial charge in [-0.2, -0.15) is 4.31 Å². The third kappa shape index (κ3) is 4.86. The van der Waals surface area contributed by atoms with Crippen LogP contribution < -0.4 is 4.90 Å². The number of hydrogen-bond acceptors (Lipinski definition) is 6. The van der Waals surface area contributed by atoms with Gasteiger partial charge in [0.1, 0.15) is 0 Å². The molecule has 0 bridgehead atoms. The maximum absolute atomic E-state index is 14.2. The van der Waals surface area contributed by atoms with E-state index in [2.05, 4.69) is 63.6 Å². The molecule has 0 N–H and O–H groups in total. The molecule has 1 aromatic carbocycles. The number of rotatable bonds is 6. The lowest BCUT2D eigenvalue weighted by Gasteiger charge is -2.32. The number of aromatic nitrogens is 2. The molecule has 34 heavy (non-hydrogen) atoms. The van der Waals surface area contributed by atoms with Crippen LogP contribution in [0.15, 0.2) is 23.2 Å². The minimum absolute atomic E-state index is 0.105. The summed E-state index contributed by atoms with van der Waals surface area (Å²) in [7, 11) is -3.70. The summed E-state index contributed by atoms with van der Waals surface area (Å²) in [4.78, 5) is 12.0. The van der Waals surface area contributed by atoms with E-state index < -0.39 is 10.0 Å². The Labute approximate surface area is 204 Å². The van der Waals surface area contributed by atoms with E-state index in [-0.39, 0.29) is 18.4 Å². The van der Waals surface area contributed by atoms with Gasteiger partial charge in [0.05, 0.1) is 30.3 Å². The highest BCUT2D eigenvalue weighted by Crippen LogP contribution is 2.37. The van der Waals surface area contributed by atoms with E-state index in [0.717, 1.165) is 35.5 Å². The van der Waals surface area contributed by atoms with Gasteiger partial charge in [0.25, 0.3) is 0 Å². The first-order valence-electron chi connectivity index (χ1n) is 12.4. The van der Waals surface area contributed by atoms with E-state index in [1.54, 1.807) is 4.31 Å². The van der Waals surface area contributed by atoms with Gasteiger partial charge < -0.3 is 9.64 Å². The maximum atomic E-state index is 14.2. The predicted molar refractivity (Wildman–Crippen MR) is 135 cm³/mol. The summed E-state index contributed by atoms with van der Waals surface area (Å²) in [6, 6.07) is 4.20. The van der Waals surface area contributed by atoms with Gasteiger partial charge in [0.2, 0.25) is 16.0 Å². The van der Waals surface area contributed by atoms with Crippen LogP contribution in [0.1, 0.15) is 87.2 Å². The van der Waals surface area contributed by atoms with Crippen LogP contribution in [0.3, 0.4) is 0 Å². The third-order valence-electron chi connectivity index (χ3n) is 6.87. The highest BCUT2D eigenvalue weighted by Gasteiger charge is 2.35. The molecular formula is C26H38N4O3S. The maximum Gasteiger partial charge on any atom is 0.244 e. The molecule has 0 amide bonds. The number of anilines is 1. The molecule has 0 spiro atoms. The van der Waals surface area contributed by atoms with Crippen LogP contribution in [0.4, 0.5) is 5.95 Å². The Morgan fingerprint density at radius 2 is 1.53 bits per heavy atom. The van der Waals surface area contributed by atoms with Crippen LogP contribution in [0, 0.1) is 0 Å². The lowest BCUT2D eigenvalue weighted by Crippen LogP contribution is -2.40. The van der Waals surface area contributed by atoms with Crippen molar-refractivity contribution in [1.29, 1.82) is 0 Å². The average molecular weight is 487 g/mol. The monoisotopic (exact) mass is 486 g/mol. The summed E-state index contributed by atoms with van der Waals surface area (Å²) in [6.45, 7) is 16.2. The number of benzene rings is 1. The molecule has 7 nitrogen and oxygen atoms in total. The molecule has 1 aromatic heterocycles. The van der Waals surface area contributed by atoms with Crippen molar-refractivity contribution in [2.75, 3.05) is 37.7 Å². The third-order valence-corrected chi connectivity index (χ3v) is 8.85. The fourth-order valence-corrected chi connectivity index (χ4v) is 6.77. The zero-order valence-electron chi connectivity index (χ0n) is 21.3. The van der Waals surface area contributed by atoms with Crippen molar-refractivity contribution in [3.63, 3.8) is 0 Å². The summed E-state index contributed by atoms with van der Waals surface area (Å²) in [5, 5.41) is 0. The van der Waals surface area contributed by atoms with Gasteiger partial charge in [-0.1, -0.05) is 53.7 Å². The van der Waals surface area contributed by atoms with Crippen LogP contribution in [0.2, 0.25) is 0 Å². The lowest BCUT2D eigenvalue weighted by molar-refractivity contribution is 0.122. The summed E-state index contributed by atoms with van der Waals surface area (Å²) in [6.07, 6.45) is 2.49. The van der Waals surface area contributed by atoms with Crippen LogP contribution in [0.5, 0.6) is 0 Å². The molecule has 4 rings (SSSR count). The van der Waals surface area contributed by atoms with Crippen molar-refractivity contribution in [2.24, 2.45) is 0 Å². The molecule has 0 radical (unpaired) electrons. The van der Waals surface area contributed by atoms with E-state index in [1.807, 2.05) is 6.20 Å². The van der Waals surface area contributed by atoms with E-state index in [9.17, 15) is 8.42 Å². The average Bonchev–Trinajstić information content (AvgIpc) is 2.82. The second-order valence-electron chi connectivity index (χ2n) is 10.3. The highest BCUT2D eigenvalue weighted by atomic mass is 32.2. The van der Waals surface area contributed by atoms with Crippen molar-refractivity contribution in [3.05, 3.63) is 46.3 Å². The van der Waals surface area contributed by atoms with Crippen LogP contribution in [0.25, 0.3) is 0 Å². The van der Waals surface area contributed by atoms with Crippen LogP contribution in [-0.2, 0) is 27.7 Å². The lowest BCUT2D eigenvalue weighted by atomic mass is 9.89.